The molecule has 17 heavy (non-hydrogen) atoms. The van der Waals surface area contributed by atoms with Gasteiger partial charge in [0, 0.05) is 6.54 Å². The average molecular weight is 235 g/mol. The number of benzene rings is 1. The molecule has 0 heterocycles. The summed E-state index contributed by atoms with van der Waals surface area (Å²) in [7, 11) is 0. The molecule has 0 spiro atoms. The van der Waals surface area contributed by atoms with E-state index >= 15 is 0 Å². The number of nitrogens with one attached hydrogen (secondary N) is 1. The fraction of sp³-hybridized carbons (Fsp3) is 0.500. The molecule has 0 saturated heterocycles. The minimum Gasteiger partial charge on any atom is -0.465 e. The lowest BCUT2D eigenvalue weighted by Gasteiger charge is -2.17. The first kappa shape index (κ1) is 13.7. The lowest BCUT2D eigenvalue weighted by molar-refractivity contribution is -0.145. The molecule has 3 nitrogen and oxygen atoms in total. The van der Waals surface area contributed by atoms with Crippen LogP contribution in [0.4, 0.5) is 0 Å². The molecule has 1 aromatic rings. The van der Waals surface area contributed by atoms with Crippen molar-refractivity contribution in [1.29, 1.82) is 0 Å². The highest BCUT2D eigenvalue weighted by atomic mass is 16.5. The Balaban J connectivity index is 2.38. The lowest BCUT2D eigenvalue weighted by Crippen LogP contribution is -2.37. The zero-order valence-corrected chi connectivity index (χ0v) is 10.8. The first-order chi connectivity index (χ1) is 8.15. The van der Waals surface area contributed by atoms with Crippen LogP contribution in [0.25, 0.3) is 0 Å². The summed E-state index contributed by atoms with van der Waals surface area (Å²) in [6, 6.07) is 10.0. The minimum absolute atomic E-state index is 0.187. The monoisotopic (exact) mass is 235 g/mol. The number of hydrogen-bond donors (Lipinski definition) is 1. The lowest BCUT2D eigenvalue weighted by atomic mass is 10.0. The normalized spacial score (nSPS) is 14.1. The SMILES string of the molecule is CCOC(=O)C(C)NCC(C)c1ccccc1. The summed E-state index contributed by atoms with van der Waals surface area (Å²) in [5.41, 5.74) is 1.27. The van der Waals surface area contributed by atoms with Crippen LogP contribution in [0, 0.1) is 0 Å². The van der Waals surface area contributed by atoms with Gasteiger partial charge in [0.15, 0.2) is 0 Å². The van der Waals surface area contributed by atoms with E-state index in [0.29, 0.717) is 12.5 Å². The number of ether oxygens (including phenoxy) is 1. The Labute approximate surface area is 103 Å². The summed E-state index contributed by atoms with van der Waals surface area (Å²) in [5.74, 6) is 0.195. The largest absolute Gasteiger partial charge is 0.465 e. The Morgan fingerprint density at radius 2 is 1.94 bits per heavy atom. The Morgan fingerprint density at radius 1 is 1.29 bits per heavy atom. The topological polar surface area (TPSA) is 38.3 Å². The smallest absolute Gasteiger partial charge is 0.322 e. The molecule has 1 rings (SSSR count). The van der Waals surface area contributed by atoms with Gasteiger partial charge in [0.25, 0.3) is 0 Å². The first-order valence-corrected chi connectivity index (χ1v) is 6.10. The van der Waals surface area contributed by atoms with Crippen LogP contribution >= 0.6 is 0 Å². The zero-order valence-electron chi connectivity index (χ0n) is 10.8. The van der Waals surface area contributed by atoms with Crippen molar-refractivity contribution in [2.75, 3.05) is 13.2 Å². The first-order valence-electron chi connectivity index (χ1n) is 6.10. The molecule has 0 bridgehead atoms. The summed E-state index contributed by atoms with van der Waals surface area (Å²) < 4.78 is 4.94. The van der Waals surface area contributed by atoms with Gasteiger partial charge < -0.3 is 10.1 Å². The van der Waals surface area contributed by atoms with Crippen molar-refractivity contribution in [2.24, 2.45) is 0 Å². The maximum absolute atomic E-state index is 11.4. The maximum atomic E-state index is 11.4. The van der Waals surface area contributed by atoms with Gasteiger partial charge in [0.2, 0.25) is 0 Å². The molecule has 0 radical (unpaired) electrons. The molecule has 1 N–H and O–H groups in total. The quantitative estimate of drug-likeness (QED) is 0.769. The van der Waals surface area contributed by atoms with Gasteiger partial charge in [-0.15, -0.1) is 0 Å². The number of rotatable bonds is 6. The second-order valence-electron chi connectivity index (χ2n) is 4.19. The van der Waals surface area contributed by atoms with Gasteiger partial charge in [-0.3, -0.25) is 4.79 Å². The molecule has 0 amide bonds. The molecule has 3 heteroatoms. The predicted octanol–water partition coefficient (Wildman–Crippen LogP) is 2.33. The van der Waals surface area contributed by atoms with Gasteiger partial charge >= 0.3 is 5.97 Å². The highest BCUT2D eigenvalue weighted by molar-refractivity contribution is 5.75. The van der Waals surface area contributed by atoms with Crippen LogP contribution in [-0.4, -0.2) is 25.2 Å². The van der Waals surface area contributed by atoms with E-state index < -0.39 is 0 Å². The molecule has 94 valence electrons. The Bertz CT molecular complexity index is 337. The molecular weight excluding hydrogens is 214 g/mol. The second-order valence-corrected chi connectivity index (χ2v) is 4.19. The van der Waals surface area contributed by atoms with Gasteiger partial charge in [-0.1, -0.05) is 37.3 Å². The fourth-order valence-corrected chi connectivity index (χ4v) is 1.60. The number of carbonyl (C=O) groups excluding carboxylic acids is 1. The van der Waals surface area contributed by atoms with E-state index in [1.165, 1.54) is 5.56 Å². The Hall–Kier alpha value is -1.35. The standard InChI is InChI=1S/C14H21NO2/c1-4-17-14(16)12(3)15-10-11(2)13-8-6-5-7-9-13/h5-9,11-12,15H,4,10H2,1-3H3. The fourth-order valence-electron chi connectivity index (χ4n) is 1.60. The molecule has 0 aliphatic rings. The highest BCUT2D eigenvalue weighted by Gasteiger charge is 2.14. The summed E-state index contributed by atoms with van der Waals surface area (Å²) in [4.78, 5) is 11.4. The second kappa shape index (κ2) is 7.07. The van der Waals surface area contributed by atoms with E-state index in [2.05, 4.69) is 24.4 Å². The number of hydrogen-bond acceptors (Lipinski definition) is 3. The molecule has 0 fully saturated rings. The van der Waals surface area contributed by atoms with Crippen molar-refractivity contribution in [2.45, 2.75) is 32.7 Å². The van der Waals surface area contributed by atoms with Gasteiger partial charge in [-0.05, 0) is 25.3 Å². The Kier molecular flexibility index (Phi) is 5.70. The van der Waals surface area contributed by atoms with Crippen LogP contribution in [0.3, 0.4) is 0 Å². The predicted molar refractivity (Wildman–Crippen MR) is 69.0 cm³/mol. The molecule has 0 aliphatic carbocycles. The van der Waals surface area contributed by atoms with E-state index in [1.807, 2.05) is 32.0 Å². The Morgan fingerprint density at radius 3 is 2.53 bits per heavy atom. The third-order valence-electron chi connectivity index (χ3n) is 2.74. The third kappa shape index (κ3) is 4.57. The van der Waals surface area contributed by atoms with Crippen molar-refractivity contribution in [3.05, 3.63) is 35.9 Å². The molecular formula is C14H21NO2. The summed E-state index contributed by atoms with van der Waals surface area (Å²) >= 11 is 0. The molecule has 2 unspecified atom stereocenters. The van der Waals surface area contributed by atoms with Crippen molar-refractivity contribution in [1.82, 2.24) is 5.32 Å². The maximum Gasteiger partial charge on any atom is 0.322 e. The summed E-state index contributed by atoms with van der Waals surface area (Å²) in [5, 5.41) is 3.19. The molecule has 0 aliphatic heterocycles. The van der Waals surface area contributed by atoms with E-state index in [9.17, 15) is 4.79 Å². The number of esters is 1. The van der Waals surface area contributed by atoms with E-state index in [-0.39, 0.29) is 12.0 Å². The van der Waals surface area contributed by atoms with Crippen molar-refractivity contribution in [3.63, 3.8) is 0 Å². The third-order valence-corrected chi connectivity index (χ3v) is 2.74. The van der Waals surface area contributed by atoms with Crippen LogP contribution < -0.4 is 5.32 Å². The van der Waals surface area contributed by atoms with E-state index in [1.54, 1.807) is 0 Å². The summed E-state index contributed by atoms with van der Waals surface area (Å²) in [6.07, 6.45) is 0. The van der Waals surface area contributed by atoms with Crippen LogP contribution in [0.1, 0.15) is 32.3 Å². The van der Waals surface area contributed by atoms with Crippen molar-refractivity contribution >= 4 is 5.97 Å². The van der Waals surface area contributed by atoms with Gasteiger partial charge in [-0.2, -0.15) is 0 Å². The van der Waals surface area contributed by atoms with E-state index in [4.69, 9.17) is 4.74 Å². The molecule has 1 aromatic carbocycles. The molecule has 0 aromatic heterocycles. The number of carbonyl (C=O) groups is 1. The van der Waals surface area contributed by atoms with Crippen LogP contribution in [-0.2, 0) is 9.53 Å². The van der Waals surface area contributed by atoms with Gasteiger partial charge in [0.05, 0.1) is 6.61 Å². The van der Waals surface area contributed by atoms with Crippen molar-refractivity contribution in [3.8, 4) is 0 Å². The van der Waals surface area contributed by atoms with Crippen molar-refractivity contribution < 1.29 is 9.53 Å². The van der Waals surface area contributed by atoms with Gasteiger partial charge in [-0.25, -0.2) is 0 Å². The zero-order chi connectivity index (χ0) is 12.7. The summed E-state index contributed by atoms with van der Waals surface area (Å²) in [6.45, 7) is 6.98. The highest BCUT2D eigenvalue weighted by Crippen LogP contribution is 2.13. The van der Waals surface area contributed by atoms with Crippen LogP contribution in [0.5, 0.6) is 0 Å². The van der Waals surface area contributed by atoms with Gasteiger partial charge in [0.1, 0.15) is 6.04 Å². The minimum atomic E-state index is -0.249. The molecule has 0 saturated carbocycles. The van der Waals surface area contributed by atoms with Crippen LogP contribution in [0.15, 0.2) is 30.3 Å². The van der Waals surface area contributed by atoms with Crippen LogP contribution in [0.2, 0.25) is 0 Å². The average Bonchev–Trinajstić information content (AvgIpc) is 2.36. The van der Waals surface area contributed by atoms with E-state index in [0.717, 1.165) is 6.54 Å². The molecule has 2 atom stereocenters.